The molecule has 0 saturated heterocycles. The van der Waals surface area contributed by atoms with Crippen LogP contribution in [0.2, 0.25) is 0 Å². The number of aliphatic imine (C=N–C) groups is 1. The van der Waals surface area contributed by atoms with Crippen molar-refractivity contribution in [2.75, 3.05) is 7.05 Å². The summed E-state index contributed by atoms with van der Waals surface area (Å²) in [6, 6.07) is 8.83. The molecular formula is C19H28N6. The fourth-order valence-electron chi connectivity index (χ4n) is 3.46. The molecule has 1 aliphatic rings. The van der Waals surface area contributed by atoms with Gasteiger partial charge in [0.15, 0.2) is 11.8 Å². The maximum absolute atomic E-state index is 4.37. The largest absolute Gasteiger partial charge is 0.354 e. The molecule has 2 aromatic rings. The van der Waals surface area contributed by atoms with Gasteiger partial charge in [-0.25, -0.2) is 4.98 Å². The normalized spacial score (nSPS) is 21.1. The molecule has 6 heteroatoms. The number of rotatable bonds is 5. The predicted molar refractivity (Wildman–Crippen MR) is 101 cm³/mol. The van der Waals surface area contributed by atoms with Gasteiger partial charge in [-0.05, 0) is 43.2 Å². The van der Waals surface area contributed by atoms with Gasteiger partial charge in [-0.1, -0.05) is 31.5 Å². The monoisotopic (exact) mass is 340 g/mol. The van der Waals surface area contributed by atoms with Gasteiger partial charge < -0.3 is 10.6 Å². The molecule has 134 valence electrons. The molecule has 1 fully saturated rings. The molecule has 6 nitrogen and oxygen atoms in total. The summed E-state index contributed by atoms with van der Waals surface area (Å²) in [7, 11) is 1.83. The molecule has 1 aromatic carbocycles. The second-order valence-corrected chi connectivity index (χ2v) is 6.73. The highest BCUT2D eigenvalue weighted by atomic mass is 15.2. The van der Waals surface area contributed by atoms with Crippen LogP contribution in [-0.4, -0.2) is 34.2 Å². The first-order chi connectivity index (χ1) is 12.3. The molecule has 0 aliphatic heterocycles. The molecule has 0 atom stereocenters. The zero-order valence-electron chi connectivity index (χ0n) is 15.1. The summed E-state index contributed by atoms with van der Waals surface area (Å²) < 4.78 is 0. The average Bonchev–Trinajstić information content (AvgIpc) is 3.21. The van der Waals surface area contributed by atoms with Crippen molar-refractivity contribution >= 4 is 5.96 Å². The van der Waals surface area contributed by atoms with Crippen LogP contribution in [0.15, 0.2) is 35.6 Å². The molecule has 1 aliphatic carbocycles. The van der Waals surface area contributed by atoms with Crippen molar-refractivity contribution in [1.82, 2.24) is 25.8 Å². The molecule has 0 spiro atoms. The van der Waals surface area contributed by atoms with Crippen LogP contribution in [0.4, 0.5) is 0 Å². The molecule has 1 saturated carbocycles. The van der Waals surface area contributed by atoms with E-state index in [1.54, 1.807) is 0 Å². The first-order valence-corrected chi connectivity index (χ1v) is 9.20. The van der Waals surface area contributed by atoms with Crippen molar-refractivity contribution in [3.8, 4) is 11.4 Å². The summed E-state index contributed by atoms with van der Waals surface area (Å²) in [6.45, 7) is 3.03. The molecule has 0 amide bonds. The number of guanidine groups is 1. The minimum Gasteiger partial charge on any atom is -0.354 e. The number of hydrogen-bond acceptors (Lipinski definition) is 3. The predicted octanol–water partition coefficient (Wildman–Crippen LogP) is 3.11. The van der Waals surface area contributed by atoms with E-state index in [9.17, 15) is 0 Å². The van der Waals surface area contributed by atoms with Crippen molar-refractivity contribution in [3.63, 3.8) is 0 Å². The first-order valence-electron chi connectivity index (χ1n) is 9.20. The lowest BCUT2D eigenvalue weighted by Gasteiger charge is -2.29. The molecular weight excluding hydrogens is 312 g/mol. The smallest absolute Gasteiger partial charge is 0.191 e. The Hall–Kier alpha value is -2.37. The zero-order chi connectivity index (χ0) is 17.5. The van der Waals surface area contributed by atoms with Gasteiger partial charge in [0.2, 0.25) is 0 Å². The third-order valence-corrected chi connectivity index (χ3v) is 5.06. The van der Waals surface area contributed by atoms with E-state index in [1.807, 2.05) is 19.2 Å². The Kier molecular flexibility index (Phi) is 6.04. The lowest BCUT2D eigenvalue weighted by atomic mass is 9.84. The van der Waals surface area contributed by atoms with E-state index in [2.05, 4.69) is 49.9 Å². The minimum absolute atomic E-state index is 0.537. The lowest BCUT2D eigenvalue weighted by Crippen LogP contribution is -2.44. The van der Waals surface area contributed by atoms with Gasteiger partial charge in [0.25, 0.3) is 0 Å². The summed E-state index contributed by atoms with van der Waals surface area (Å²) in [5.41, 5.74) is 2.23. The van der Waals surface area contributed by atoms with Crippen molar-refractivity contribution in [1.29, 1.82) is 0 Å². The highest BCUT2D eigenvalue weighted by molar-refractivity contribution is 5.80. The van der Waals surface area contributed by atoms with Crippen LogP contribution in [0.25, 0.3) is 11.4 Å². The summed E-state index contributed by atoms with van der Waals surface area (Å²) in [4.78, 5) is 8.58. The molecule has 25 heavy (non-hydrogen) atoms. The second-order valence-electron chi connectivity index (χ2n) is 6.73. The summed E-state index contributed by atoms with van der Waals surface area (Å²) in [5, 5.41) is 13.8. The van der Waals surface area contributed by atoms with Crippen LogP contribution >= 0.6 is 0 Å². The summed E-state index contributed by atoms with van der Waals surface area (Å²) in [5.74, 6) is 2.58. The Bertz CT molecular complexity index is 671. The maximum Gasteiger partial charge on any atom is 0.191 e. The van der Waals surface area contributed by atoms with E-state index < -0.39 is 0 Å². The van der Waals surface area contributed by atoms with E-state index in [1.165, 1.54) is 44.0 Å². The number of nitrogens with one attached hydrogen (secondary N) is 3. The van der Waals surface area contributed by atoms with Gasteiger partial charge >= 0.3 is 0 Å². The van der Waals surface area contributed by atoms with Gasteiger partial charge in [0.05, 0.1) is 0 Å². The number of H-pyrrole nitrogens is 1. The maximum atomic E-state index is 4.37. The van der Waals surface area contributed by atoms with Crippen LogP contribution < -0.4 is 10.6 Å². The van der Waals surface area contributed by atoms with Crippen LogP contribution in [0.1, 0.15) is 44.6 Å². The van der Waals surface area contributed by atoms with Crippen LogP contribution in [0, 0.1) is 5.92 Å². The van der Waals surface area contributed by atoms with Crippen molar-refractivity contribution in [2.24, 2.45) is 10.9 Å². The van der Waals surface area contributed by atoms with E-state index >= 15 is 0 Å². The number of nitrogens with zero attached hydrogens (tertiary/aromatic N) is 3. The van der Waals surface area contributed by atoms with Gasteiger partial charge in [-0.15, -0.1) is 0 Å². The Labute approximate surface area is 149 Å². The van der Waals surface area contributed by atoms with E-state index in [-0.39, 0.29) is 0 Å². The Morgan fingerprint density at radius 2 is 2.12 bits per heavy atom. The molecule has 1 heterocycles. The average molecular weight is 340 g/mol. The Morgan fingerprint density at radius 1 is 1.28 bits per heavy atom. The molecule has 1 aromatic heterocycles. The molecule has 0 radical (unpaired) electrons. The highest BCUT2D eigenvalue weighted by Gasteiger charge is 2.20. The van der Waals surface area contributed by atoms with E-state index in [4.69, 9.17) is 0 Å². The SMILES string of the molecule is CCC1CCC(NC(=NC)NCc2cccc(-c3ncn[nH]3)c2)CC1. The van der Waals surface area contributed by atoms with Gasteiger partial charge in [-0.2, -0.15) is 5.10 Å². The number of aromatic amines is 1. The fraction of sp³-hybridized carbons (Fsp3) is 0.526. The van der Waals surface area contributed by atoms with Gasteiger partial charge in [0, 0.05) is 25.2 Å². The first kappa shape index (κ1) is 17.5. The minimum atomic E-state index is 0.537. The van der Waals surface area contributed by atoms with Crippen LogP contribution in [-0.2, 0) is 6.54 Å². The number of aromatic nitrogens is 3. The number of hydrogen-bond donors (Lipinski definition) is 3. The summed E-state index contributed by atoms with van der Waals surface area (Å²) in [6.07, 6.45) is 7.95. The van der Waals surface area contributed by atoms with Crippen LogP contribution in [0.3, 0.4) is 0 Å². The van der Waals surface area contributed by atoms with Crippen molar-refractivity contribution < 1.29 is 0 Å². The number of benzene rings is 1. The second kappa shape index (κ2) is 8.65. The highest BCUT2D eigenvalue weighted by Crippen LogP contribution is 2.26. The molecule has 0 bridgehead atoms. The lowest BCUT2D eigenvalue weighted by molar-refractivity contribution is 0.304. The van der Waals surface area contributed by atoms with Crippen LogP contribution in [0.5, 0.6) is 0 Å². The Balaban J connectivity index is 1.52. The Morgan fingerprint density at radius 3 is 2.80 bits per heavy atom. The van der Waals surface area contributed by atoms with Crippen molar-refractivity contribution in [3.05, 3.63) is 36.2 Å². The van der Waals surface area contributed by atoms with E-state index in [0.717, 1.165) is 29.8 Å². The topological polar surface area (TPSA) is 78.0 Å². The van der Waals surface area contributed by atoms with Crippen molar-refractivity contribution in [2.45, 2.75) is 51.6 Å². The van der Waals surface area contributed by atoms with E-state index in [0.29, 0.717) is 6.04 Å². The van der Waals surface area contributed by atoms with Gasteiger partial charge in [-0.3, -0.25) is 10.1 Å². The molecule has 3 N–H and O–H groups in total. The quantitative estimate of drug-likeness (QED) is 0.577. The molecule has 3 rings (SSSR count). The third-order valence-electron chi connectivity index (χ3n) is 5.06. The third kappa shape index (κ3) is 4.81. The molecule has 0 unspecified atom stereocenters. The standard InChI is InChI=1S/C19H28N6/c1-3-14-7-9-17(10-8-14)24-19(20-2)21-12-15-5-4-6-16(11-15)18-22-13-23-25-18/h4-6,11,13-14,17H,3,7-10,12H2,1-2H3,(H2,20,21,24)(H,22,23,25). The summed E-state index contributed by atoms with van der Waals surface area (Å²) >= 11 is 0. The zero-order valence-corrected chi connectivity index (χ0v) is 15.1. The van der Waals surface area contributed by atoms with Gasteiger partial charge in [0.1, 0.15) is 6.33 Å². The fourth-order valence-corrected chi connectivity index (χ4v) is 3.46.